The largest absolute Gasteiger partial charge is 0.334 e. The quantitative estimate of drug-likeness (QED) is 0.756. The van der Waals surface area contributed by atoms with E-state index < -0.39 is 0 Å². The fraction of sp³-hybridized carbons (Fsp3) is 0.111. The Balaban J connectivity index is 1.50. The van der Waals surface area contributed by atoms with E-state index in [2.05, 4.69) is 15.7 Å². The maximum atomic E-state index is 12.8. The first-order valence-corrected chi connectivity index (χ1v) is 7.56. The number of halogens is 1. The Morgan fingerprint density at radius 3 is 2.50 bits per heavy atom. The van der Waals surface area contributed by atoms with E-state index in [9.17, 15) is 9.18 Å². The molecule has 3 aromatic rings. The summed E-state index contributed by atoms with van der Waals surface area (Å²) in [6.07, 6.45) is 1.81. The van der Waals surface area contributed by atoms with E-state index in [1.54, 1.807) is 22.9 Å². The summed E-state index contributed by atoms with van der Waals surface area (Å²) in [7, 11) is 0. The second-order valence-electron chi connectivity index (χ2n) is 5.32. The highest BCUT2D eigenvalue weighted by molar-refractivity contribution is 5.88. The number of nitrogens with zero attached hydrogens (tertiary/aromatic N) is 2. The fourth-order valence-electron chi connectivity index (χ4n) is 2.23. The molecule has 0 spiro atoms. The van der Waals surface area contributed by atoms with E-state index >= 15 is 0 Å². The number of hydrogen-bond acceptors (Lipinski definition) is 2. The van der Waals surface area contributed by atoms with Crippen molar-refractivity contribution in [2.45, 2.75) is 13.1 Å². The van der Waals surface area contributed by atoms with E-state index in [1.165, 1.54) is 12.1 Å². The van der Waals surface area contributed by atoms with Gasteiger partial charge in [0.1, 0.15) is 5.82 Å². The molecule has 122 valence electrons. The van der Waals surface area contributed by atoms with Gasteiger partial charge in [0.05, 0.1) is 6.54 Å². The highest BCUT2D eigenvalue weighted by Crippen LogP contribution is 2.07. The van der Waals surface area contributed by atoms with Crippen LogP contribution in [0.4, 0.5) is 15.0 Å². The molecular formula is C18H17FN4O. The van der Waals surface area contributed by atoms with Gasteiger partial charge in [0.25, 0.3) is 0 Å². The summed E-state index contributed by atoms with van der Waals surface area (Å²) in [6.45, 7) is 0.955. The number of rotatable bonds is 5. The Labute approximate surface area is 139 Å². The standard InChI is InChI=1S/C18H17FN4O/c19-16-8-6-14(7-9-16)12-20-18(24)21-17-10-11-23(22-17)13-15-4-2-1-3-5-15/h1-11H,12-13H2,(H2,20,21,22,24). The molecule has 0 aliphatic heterocycles. The molecule has 2 N–H and O–H groups in total. The van der Waals surface area contributed by atoms with Crippen LogP contribution in [-0.2, 0) is 13.1 Å². The lowest BCUT2D eigenvalue weighted by atomic mass is 10.2. The first kappa shape index (κ1) is 15.7. The summed E-state index contributed by atoms with van der Waals surface area (Å²) in [5.41, 5.74) is 1.95. The van der Waals surface area contributed by atoms with Gasteiger partial charge < -0.3 is 5.32 Å². The predicted molar refractivity (Wildman–Crippen MR) is 90.0 cm³/mol. The van der Waals surface area contributed by atoms with E-state index in [1.807, 2.05) is 36.5 Å². The average Bonchev–Trinajstić information content (AvgIpc) is 3.02. The molecule has 0 bridgehead atoms. The Bertz CT molecular complexity index is 799. The molecule has 0 saturated carbocycles. The van der Waals surface area contributed by atoms with Crippen LogP contribution in [0.25, 0.3) is 0 Å². The molecule has 24 heavy (non-hydrogen) atoms. The minimum absolute atomic E-state index is 0.299. The molecule has 1 aromatic heterocycles. The number of hydrogen-bond donors (Lipinski definition) is 2. The molecule has 5 nitrogen and oxygen atoms in total. The zero-order chi connectivity index (χ0) is 16.8. The van der Waals surface area contributed by atoms with Crippen LogP contribution in [-0.4, -0.2) is 15.8 Å². The number of urea groups is 1. The number of aromatic nitrogens is 2. The maximum Gasteiger partial charge on any atom is 0.320 e. The van der Waals surface area contributed by atoms with Crippen LogP contribution in [0.3, 0.4) is 0 Å². The fourth-order valence-corrected chi connectivity index (χ4v) is 2.23. The third-order valence-electron chi connectivity index (χ3n) is 3.44. The SMILES string of the molecule is O=C(NCc1ccc(F)cc1)Nc1ccn(Cc2ccccc2)n1. The molecule has 0 aliphatic rings. The van der Waals surface area contributed by atoms with Crippen LogP contribution < -0.4 is 10.6 Å². The van der Waals surface area contributed by atoms with Crippen LogP contribution in [0.1, 0.15) is 11.1 Å². The molecule has 2 aromatic carbocycles. The molecule has 1 heterocycles. The predicted octanol–water partition coefficient (Wildman–Crippen LogP) is 3.39. The van der Waals surface area contributed by atoms with Crippen molar-refractivity contribution in [1.29, 1.82) is 0 Å². The molecule has 0 radical (unpaired) electrons. The van der Waals surface area contributed by atoms with Crippen LogP contribution in [0.15, 0.2) is 66.9 Å². The number of benzene rings is 2. The molecule has 3 rings (SSSR count). The lowest BCUT2D eigenvalue weighted by Crippen LogP contribution is -2.28. The molecule has 0 unspecified atom stereocenters. The summed E-state index contributed by atoms with van der Waals surface area (Å²) >= 11 is 0. The van der Waals surface area contributed by atoms with Gasteiger partial charge in [0.15, 0.2) is 5.82 Å². The molecule has 0 atom stereocenters. The zero-order valence-electron chi connectivity index (χ0n) is 12.9. The van der Waals surface area contributed by atoms with Crippen LogP contribution in [0.5, 0.6) is 0 Å². The van der Waals surface area contributed by atoms with Crippen LogP contribution in [0, 0.1) is 5.82 Å². The van der Waals surface area contributed by atoms with Crippen molar-refractivity contribution >= 4 is 11.8 Å². The number of nitrogens with one attached hydrogen (secondary N) is 2. The Kier molecular flexibility index (Phi) is 4.86. The van der Waals surface area contributed by atoms with Gasteiger partial charge in [-0.1, -0.05) is 42.5 Å². The minimum Gasteiger partial charge on any atom is -0.334 e. The number of anilines is 1. The monoisotopic (exact) mass is 324 g/mol. The summed E-state index contributed by atoms with van der Waals surface area (Å²) in [5.74, 6) is 0.176. The van der Waals surface area contributed by atoms with Crippen molar-refractivity contribution in [2.24, 2.45) is 0 Å². The van der Waals surface area contributed by atoms with Crippen molar-refractivity contribution < 1.29 is 9.18 Å². The van der Waals surface area contributed by atoms with Gasteiger partial charge in [0.2, 0.25) is 0 Å². The second-order valence-corrected chi connectivity index (χ2v) is 5.32. The van der Waals surface area contributed by atoms with Crippen LogP contribution >= 0.6 is 0 Å². The van der Waals surface area contributed by atoms with Crippen molar-refractivity contribution in [3.63, 3.8) is 0 Å². The van der Waals surface area contributed by atoms with Gasteiger partial charge in [-0.2, -0.15) is 5.10 Å². The van der Waals surface area contributed by atoms with Crippen molar-refractivity contribution in [1.82, 2.24) is 15.1 Å². The second kappa shape index (κ2) is 7.41. The third kappa shape index (κ3) is 4.42. The first-order chi connectivity index (χ1) is 11.7. The van der Waals surface area contributed by atoms with Gasteiger partial charge in [0, 0.05) is 18.8 Å². The maximum absolute atomic E-state index is 12.8. The molecule has 0 aliphatic carbocycles. The van der Waals surface area contributed by atoms with Gasteiger partial charge in [-0.15, -0.1) is 0 Å². The van der Waals surface area contributed by atoms with Gasteiger partial charge in [-0.3, -0.25) is 10.00 Å². The number of amides is 2. The molecule has 0 fully saturated rings. The van der Waals surface area contributed by atoms with E-state index in [0.717, 1.165) is 11.1 Å². The van der Waals surface area contributed by atoms with Gasteiger partial charge in [-0.05, 0) is 23.3 Å². The highest BCUT2D eigenvalue weighted by atomic mass is 19.1. The summed E-state index contributed by atoms with van der Waals surface area (Å²) in [4.78, 5) is 11.9. The molecule has 6 heteroatoms. The van der Waals surface area contributed by atoms with Gasteiger partial charge >= 0.3 is 6.03 Å². The first-order valence-electron chi connectivity index (χ1n) is 7.56. The van der Waals surface area contributed by atoms with Crippen molar-refractivity contribution in [2.75, 3.05) is 5.32 Å². The lowest BCUT2D eigenvalue weighted by Gasteiger charge is -2.06. The summed E-state index contributed by atoms with van der Waals surface area (Å²) < 4.78 is 14.6. The zero-order valence-corrected chi connectivity index (χ0v) is 12.9. The average molecular weight is 324 g/mol. The van der Waals surface area contributed by atoms with E-state index in [4.69, 9.17) is 0 Å². The molecule has 0 saturated heterocycles. The van der Waals surface area contributed by atoms with Crippen molar-refractivity contribution in [3.8, 4) is 0 Å². The number of carbonyl (C=O) groups is 1. The highest BCUT2D eigenvalue weighted by Gasteiger charge is 2.05. The topological polar surface area (TPSA) is 59.0 Å². The Morgan fingerprint density at radius 1 is 1.00 bits per heavy atom. The Morgan fingerprint density at radius 2 is 1.75 bits per heavy atom. The minimum atomic E-state index is -0.357. The number of carbonyl (C=O) groups excluding carboxylic acids is 1. The van der Waals surface area contributed by atoms with Gasteiger partial charge in [-0.25, -0.2) is 9.18 Å². The third-order valence-corrected chi connectivity index (χ3v) is 3.44. The molecular weight excluding hydrogens is 307 g/mol. The van der Waals surface area contributed by atoms with E-state index in [0.29, 0.717) is 18.9 Å². The normalized spacial score (nSPS) is 10.4. The molecule has 2 amide bonds. The smallest absolute Gasteiger partial charge is 0.320 e. The van der Waals surface area contributed by atoms with Crippen LogP contribution in [0.2, 0.25) is 0 Å². The summed E-state index contributed by atoms with van der Waals surface area (Å²) in [6, 6.07) is 17.3. The lowest BCUT2D eigenvalue weighted by molar-refractivity contribution is 0.251. The summed E-state index contributed by atoms with van der Waals surface area (Å²) in [5, 5.41) is 9.68. The van der Waals surface area contributed by atoms with E-state index in [-0.39, 0.29) is 11.8 Å². The Hall–Kier alpha value is -3.15. The van der Waals surface area contributed by atoms with Crippen molar-refractivity contribution in [3.05, 3.63) is 83.8 Å².